The summed E-state index contributed by atoms with van der Waals surface area (Å²) < 4.78 is 17.9. The summed E-state index contributed by atoms with van der Waals surface area (Å²) in [5.74, 6) is 0. The second-order valence-corrected chi connectivity index (χ2v) is 8.96. The van der Waals surface area contributed by atoms with E-state index >= 15 is 0 Å². The van der Waals surface area contributed by atoms with E-state index in [0.29, 0.717) is 11.7 Å². The fraction of sp³-hybridized carbons (Fsp3) is 0.250. The molecule has 5 heteroatoms. The number of benzene rings is 3. The van der Waals surface area contributed by atoms with Gasteiger partial charge in [-0.15, -0.1) is 0 Å². The van der Waals surface area contributed by atoms with Gasteiger partial charge in [-0.1, -0.05) is 67.6 Å². The van der Waals surface area contributed by atoms with Crippen molar-refractivity contribution in [3.05, 3.63) is 96.1 Å². The summed E-state index contributed by atoms with van der Waals surface area (Å²) in [6.45, 7) is 5.22. The third-order valence-electron chi connectivity index (χ3n) is 4.87. The molecule has 3 rings (SSSR count). The summed E-state index contributed by atoms with van der Waals surface area (Å²) in [5.41, 5.74) is 3.41. The number of rotatable bonds is 9. The molecule has 0 aromatic heterocycles. The molecule has 0 saturated heterocycles. The van der Waals surface area contributed by atoms with E-state index in [1.807, 2.05) is 55.5 Å². The van der Waals surface area contributed by atoms with E-state index in [0.717, 1.165) is 18.8 Å². The standard InChI is InChI=1S/C24H28NO3P/c1-3-20(2)28-29(26,27)24-16-14-23(15-17-24)25(18-21-10-6-4-7-11-21)19-22-12-8-5-9-13-22/h4-17,20H,3,18-19H2,1-2H3,(H,26,27). The van der Waals surface area contributed by atoms with Gasteiger partial charge in [-0.05, 0) is 48.7 Å². The van der Waals surface area contributed by atoms with Gasteiger partial charge in [0.15, 0.2) is 0 Å². The summed E-state index contributed by atoms with van der Waals surface area (Å²) >= 11 is 0. The van der Waals surface area contributed by atoms with Gasteiger partial charge in [-0.2, -0.15) is 0 Å². The highest BCUT2D eigenvalue weighted by molar-refractivity contribution is 7.61. The Balaban J connectivity index is 1.84. The van der Waals surface area contributed by atoms with Crippen LogP contribution in [0.3, 0.4) is 0 Å². The Labute approximate surface area is 173 Å². The van der Waals surface area contributed by atoms with Crippen LogP contribution in [0.1, 0.15) is 31.4 Å². The van der Waals surface area contributed by atoms with E-state index in [9.17, 15) is 9.46 Å². The molecule has 0 spiro atoms. The first-order valence-corrected chi connectivity index (χ1v) is 11.5. The number of nitrogens with zero attached hydrogens (tertiary/aromatic N) is 1. The molecule has 0 bridgehead atoms. The van der Waals surface area contributed by atoms with Crippen LogP contribution in [-0.4, -0.2) is 11.0 Å². The lowest BCUT2D eigenvalue weighted by Gasteiger charge is -2.26. The maximum absolute atomic E-state index is 12.6. The van der Waals surface area contributed by atoms with Crippen molar-refractivity contribution in [2.24, 2.45) is 0 Å². The third kappa shape index (κ3) is 6.04. The molecule has 0 aliphatic carbocycles. The molecule has 2 unspecified atom stereocenters. The van der Waals surface area contributed by atoms with Crippen molar-refractivity contribution in [2.75, 3.05) is 4.90 Å². The Morgan fingerprint density at radius 1 is 0.862 bits per heavy atom. The average Bonchev–Trinajstić information content (AvgIpc) is 2.74. The van der Waals surface area contributed by atoms with Crippen LogP contribution in [0.5, 0.6) is 0 Å². The van der Waals surface area contributed by atoms with E-state index in [2.05, 4.69) is 29.2 Å². The maximum Gasteiger partial charge on any atom is 0.359 e. The molecular formula is C24H28NO3P. The van der Waals surface area contributed by atoms with Crippen LogP contribution in [0.25, 0.3) is 0 Å². The first-order valence-electron chi connectivity index (χ1n) is 9.92. The molecule has 0 saturated carbocycles. The largest absolute Gasteiger partial charge is 0.363 e. The minimum Gasteiger partial charge on any atom is -0.363 e. The molecule has 3 aromatic rings. The number of hydrogen-bond donors (Lipinski definition) is 1. The first-order chi connectivity index (χ1) is 14.0. The number of anilines is 1. The molecule has 0 radical (unpaired) electrons. The lowest BCUT2D eigenvalue weighted by molar-refractivity contribution is 0.192. The lowest BCUT2D eigenvalue weighted by Crippen LogP contribution is -2.22. The second-order valence-electron chi connectivity index (χ2n) is 7.19. The highest BCUT2D eigenvalue weighted by Crippen LogP contribution is 2.42. The van der Waals surface area contributed by atoms with Crippen LogP contribution in [0.2, 0.25) is 0 Å². The van der Waals surface area contributed by atoms with Crippen LogP contribution < -0.4 is 10.2 Å². The Morgan fingerprint density at radius 2 is 1.34 bits per heavy atom. The predicted molar refractivity (Wildman–Crippen MR) is 120 cm³/mol. The SMILES string of the molecule is CCC(C)OP(=O)(O)c1ccc(N(Cc2ccccc2)Cc2ccccc2)cc1. The van der Waals surface area contributed by atoms with Gasteiger partial charge >= 0.3 is 7.60 Å². The molecule has 29 heavy (non-hydrogen) atoms. The Bertz CT molecular complexity index is 888. The lowest BCUT2D eigenvalue weighted by atomic mass is 10.1. The van der Waals surface area contributed by atoms with Gasteiger partial charge in [0, 0.05) is 18.8 Å². The minimum atomic E-state index is -3.82. The monoisotopic (exact) mass is 409 g/mol. The van der Waals surface area contributed by atoms with Crippen molar-refractivity contribution >= 4 is 18.6 Å². The molecule has 4 nitrogen and oxygen atoms in total. The number of hydrogen-bond acceptors (Lipinski definition) is 3. The normalized spacial score (nSPS) is 14.2. The van der Waals surface area contributed by atoms with Crippen LogP contribution in [0, 0.1) is 0 Å². The van der Waals surface area contributed by atoms with Crippen molar-refractivity contribution in [3.8, 4) is 0 Å². The quantitative estimate of drug-likeness (QED) is 0.473. The van der Waals surface area contributed by atoms with Crippen molar-refractivity contribution in [2.45, 2.75) is 39.5 Å². The van der Waals surface area contributed by atoms with Gasteiger partial charge in [-0.3, -0.25) is 4.57 Å². The molecule has 152 valence electrons. The molecule has 0 aliphatic heterocycles. The van der Waals surface area contributed by atoms with Gasteiger partial charge in [0.05, 0.1) is 11.4 Å². The zero-order chi connectivity index (χ0) is 20.7. The summed E-state index contributed by atoms with van der Waals surface area (Å²) in [4.78, 5) is 12.6. The van der Waals surface area contributed by atoms with Gasteiger partial charge in [0.2, 0.25) is 0 Å². The molecule has 2 atom stereocenters. The Hall–Kier alpha value is -2.39. The highest BCUT2D eigenvalue weighted by Gasteiger charge is 2.25. The smallest absolute Gasteiger partial charge is 0.359 e. The average molecular weight is 409 g/mol. The summed E-state index contributed by atoms with van der Waals surface area (Å²) in [7, 11) is -3.82. The van der Waals surface area contributed by atoms with E-state index in [1.54, 1.807) is 19.1 Å². The van der Waals surface area contributed by atoms with Crippen LogP contribution in [0.4, 0.5) is 5.69 Å². The second kappa shape index (κ2) is 9.89. The fourth-order valence-electron chi connectivity index (χ4n) is 3.08. The molecule has 0 amide bonds. The molecule has 0 heterocycles. The summed E-state index contributed by atoms with van der Waals surface area (Å²) in [6, 6.07) is 27.8. The molecule has 0 fully saturated rings. The van der Waals surface area contributed by atoms with Gasteiger partial charge in [0.25, 0.3) is 0 Å². The predicted octanol–water partition coefficient (Wildman–Crippen LogP) is 5.52. The van der Waals surface area contributed by atoms with Crippen LogP contribution in [0.15, 0.2) is 84.9 Å². The Kier molecular flexibility index (Phi) is 7.27. The molecular weight excluding hydrogens is 381 g/mol. The molecule has 0 aliphatic rings. The first kappa shape index (κ1) is 21.3. The van der Waals surface area contributed by atoms with Crippen molar-refractivity contribution in [1.82, 2.24) is 0 Å². The minimum absolute atomic E-state index is 0.266. The van der Waals surface area contributed by atoms with Crippen LogP contribution in [-0.2, 0) is 22.2 Å². The van der Waals surface area contributed by atoms with E-state index < -0.39 is 7.60 Å². The highest BCUT2D eigenvalue weighted by atomic mass is 31.2. The topological polar surface area (TPSA) is 49.8 Å². The molecule has 1 N–H and O–H groups in total. The van der Waals surface area contributed by atoms with E-state index in [4.69, 9.17) is 4.52 Å². The van der Waals surface area contributed by atoms with Gasteiger partial charge in [0.1, 0.15) is 0 Å². The van der Waals surface area contributed by atoms with Crippen molar-refractivity contribution in [1.29, 1.82) is 0 Å². The van der Waals surface area contributed by atoms with Crippen molar-refractivity contribution in [3.63, 3.8) is 0 Å². The molecule has 3 aromatic carbocycles. The van der Waals surface area contributed by atoms with E-state index in [-0.39, 0.29) is 6.10 Å². The fourth-order valence-corrected chi connectivity index (χ4v) is 4.36. The van der Waals surface area contributed by atoms with Gasteiger partial charge in [-0.25, -0.2) is 0 Å². The zero-order valence-corrected chi connectivity index (χ0v) is 17.8. The van der Waals surface area contributed by atoms with Crippen molar-refractivity contribution < 1.29 is 14.0 Å². The van der Waals surface area contributed by atoms with Gasteiger partial charge < -0.3 is 14.3 Å². The van der Waals surface area contributed by atoms with E-state index in [1.165, 1.54) is 11.1 Å². The maximum atomic E-state index is 12.6. The summed E-state index contributed by atoms with van der Waals surface area (Å²) in [6.07, 6.45) is 0.419. The third-order valence-corrected chi connectivity index (χ3v) is 6.47. The zero-order valence-electron chi connectivity index (χ0n) is 16.9. The Morgan fingerprint density at radius 3 is 1.79 bits per heavy atom. The summed E-state index contributed by atoms with van der Waals surface area (Å²) in [5, 5.41) is 0.320. The van der Waals surface area contributed by atoms with Crippen LogP contribution >= 0.6 is 7.60 Å².